The lowest BCUT2D eigenvalue weighted by Gasteiger charge is -2.11. The number of hydrogen-bond donors (Lipinski definition) is 0. The molecule has 0 aliphatic carbocycles. The van der Waals surface area contributed by atoms with Crippen molar-refractivity contribution in [2.45, 2.75) is 6.36 Å². The maximum Gasteiger partial charge on any atom is 0.301 e. The Morgan fingerprint density at radius 3 is 2.20 bits per heavy atom. The van der Waals surface area contributed by atoms with Gasteiger partial charge in [0, 0.05) is 15.6 Å². The van der Waals surface area contributed by atoms with E-state index in [2.05, 4.69) is 0 Å². The molecule has 0 aliphatic rings. The average molecular weight is 334 g/mol. The highest BCUT2D eigenvalue weighted by molar-refractivity contribution is 6.37. The van der Waals surface area contributed by atoms with Gasteiger partial charge in [-0.1, -0.05) is 34.8 Å². The van der Waals surface area contributed by atoms with Crippen LogP contribution in [0.2, 0.25) is 15.1 Å². The molecule has 0 aliphatic heterocycles. The molecule has 0 bridgehead atoms. The Hall–Kier alpha value is -1.29. The van der Waals surface area contributed by atoms with Crippen LogP contribution in [-0.4, -0.2) is 12.1 Å². The first kappa shape index (κ1) is 15.1. The fourth-order valence-electron chi connectivity index (χ4n) is 1.50. The molecule has 0 aromatic heterocycles. The van der Waals surface area contributed by atoms with E-state index in [9.17, 15) is 9.18 Å². The summed E-state index contributed by atoms with van der Waals surface area (Å²) < 4.78 is 18.8. The Morgan fingerprint density at radius 2 is 1.60 bits per heavy atom. The van der Waals surface area contributed by atoms with Crippen LogP contribution in [0.25, 0.3) is 0 Å². The molecule has 2 aromatic rings. The molecule has 0 spiro atoms. The van der Waals surface area contributed by atoms with E-state index in [4.69, 9.17) is 39.5 Å². The van der Waals surface area contributed by atoms with Gasteiger partial charge in [-0.15, -0.1) is 0 Å². The lowest BCUT2D eigenvalue weighted by atomic mass is 10.1. The maximum atomic E-state index is 13.9. The molecule has 1 unspecified atom stereocenters. The van der Waals surface area contributed by atoms with Gasteiger partial charge in [-0.05, 0) is 42.5 Å². The Morgan fingerprint density at radius 1 is 1.00 bits per heavy atom. The van der Waals surface area contributed by atoms with Gasteiger partial charge in [0.05, 0.1) is 5.02 Å². The van der Waals surface area contributed by atoms with Gasteiger partial charge >= 0.3 is 6.36 Å². The zero-order valence-electron chi connectivity index (χ0n) is 9.95. The zero-order valence-corrected chi connectivity index (χ0v) is 12.2. The average Bonchev–Trinajstić information content (AvgIpc) is 2.40. The molecule has 0 saturated carbocycles. The highest BCUT2D eigenvalue weighted by atomic mass is 35.5. The SMILES string of the molecule is O=C(c1ccc(Cl)cc1Cl)C(F)Oc1ccc(Cl)cc1. The summed E-state index contributed by atoms with van der Waals surface area (Å²) in [7, 11) is 0. The van der Waals surface area contributed by atoms with Crippen molar-refractivity contribution in [3.63, 3.8) is 0 Å². The van der Waals surface area contributed by atoms with E-state index in [-0.39, 0.29) is 16.3 Å². The summed E-state index contributed by atoms with van der Waals surface area (Å²) in [5.41, 5.74) is 0.0116. The quantitative estimate of drug-likeness (QED) is 0.718. The molecule has 0 heterocycles. The summed E-state index contributed by atoms with van der Waals surface area (Å²) in [6.45, 7) is 0. The molecule has 6 heteroatoms. The first-order valence-electron chi connectivity index (χ1n) is 5.53. The van der Waals surface area contributed by atoms with Gasteiger partial charge in [-0.2, -0.15) is 4.39 Å². The number of benzene rings is 2. The third kappa shape index (κ3) is 3.63. The first-order chi connectivity index (χ1) is 9.47. The van der Waals surface area contributed by atoms with Crippen molar-refractivity contribution in [2.75, 3.05) is 0 Å². The number of carbonyl (C=O) groups is 1. The number of halogens is 4. The number of hydrogen-bond acceptors (Lipinski definition) is 2. The van der Waals surface area contributed by atoms with Crippen molar-refractivity contribution < 1.29 is 13.9 Å². The maximum absolute atomic E-state index is 13.9. The van der Waals surface area contributed by atoms with Gasteiger partial charge in [-0.25, -0.2) is 0 Å². The Balaban J connectivity index is 2.14. The summed E-state index contributed by atoms with van der Waals surface area (Å²) in [6.07, 6.45) is -2.16. The molecule has 1 atom stereocenters. The van der Waals surface area contributed by atoms with E-state index < -0.39 is 12.1 Å². The predicted octanol–water partition coefficient (Wildman–Crippen LogP) is 5.20. The standard InChI is InChI=1S/C14H8Cl3FO2/c15-8-1-4-10(5-2-8)20-14(18)13(19)11-6-3-9(16)7-12(11)17/h1-7,14H. The number of rotatable bonds is 4. The fraction of sp³-hybridized carbons (Fsp3) is 0.0714. The van der Waals surface area contributed by atoms with Crippen molar-refractivity contribution >= 4 is 40.6 Å². The normalized spacial score (nSPS) is 12.0. The van der Waals surface area contributed by atoms with E-state index in [0.717, 1.165) is 0 Å². The van der Waals surface area contributed by atoms with E-state index in [1.807, 2.05) is 0 Å². The molecule has 2 rings (SSSR count). The lowest BCUT2D eigenvalue weighted by Crippen LogP contribution is -2.22. The number of ether oxygens (including phenoxy) is 1. The minimum atomic E-state index is -2.16. The second kappa shape index (κ2) is 6.44. The molecular weight excluding hydrogens is 326 g/mol. The van der Waals surface area contributed by atoms with Crippen LogP contribution in [0.4, 0.5) is 4.39 Å². The molecular formula is C14H8Cl3FO2. The third-order valence-corrected chi connectivity index (χ3v) is 3.26. The number of ketones is 1. The van der Waals surface area contributed by atoms with Gasteiger partial charge in [0.2, 0.25) is 5.78 Å². The van der Waals surface area contributed by atoms with E-state index in [1.165, 1.54) is 42.5 Å². The summed E-state index contributed by atoms with van der Waals surface area (Å²) in [4.78, 5) is 11.9. The number of carbonyl (C=O) groups excluding carboxylic acids is 1. The van der Waals surface area contributed by atoms with Gasteiger partial charge in [-0.3, -0.25) is 4.79 Å². The molecule has 0 fully saturated rings. The molecule has 0 radical (unpaired) electrons. The van der Waals surface area contributed by atoms with Crippen LogP contribution in [0.3, 0.4) is 0 Å². The van der Waals surface area contributed by atoms with E-state index in [1.54, 1.807) is 0 Å². The molecule has 2 nitrogen and oxygen atoms in total. The summed E-state index contributed by atoms with van der Waals surface area (Å²) in [6, 6.07) is 10.2. The van der Waals surface area contributed by atoms with Gasteiger partial charge in [0.25, 0.3) is 0 Å². The fourth-order valence-corrected chi connectivity index (χ4v) is 2.13. The van der Waals surface area contributed by atoms with Crippen molar-refractivity contribution in [3.8, 4) is 5.75 Å². The summed E-state index contributed by atoms with van der Waals surface area (Å²) in [5, 5.41) is 0.922. The number of Topliss-reactive ketones (excluding diaryl/α,β-unsaturated/α-hetero) is 1. The summed E-state index contributed by atoms with van der Waals surface area (Å²) >= 11 is 17.3. The highest BCUT2D eigenvalue weighted by Gasteiger charge is 2.23. The second-order valence-electron chi connectivity index (χ2n) is 3.88. The smallest absolute Gasteiger partial charge is 0.301 e. The third-order valence-electron chi connectivity index (χ3n) is 2.46. The van der Waals surface area contributed by atoms with E-state index >= 15 is 0 Å². The Labute approximate surface area is 130 Å². The van der Waals surface area contributed by atoms with Crippen LogP contribution in [0, 0.1) is 0 Å². The van der Waals surface area contributed by atoms with Crippen LogP contribution < -0.4 is 4.74 Å². The van der Waals surface area contributed by atoms with E-state index in [0.29, 0.717) is 10.0 Å². The molecule has 0 saturated heterocycles. The van der Waals surface area contributed by atoms with Gasteiger partial charge < -0.3 is 4.74 Å². The van der Waals surface area contributed by atoms with Crippen molar-refractivity contribution in [1.82, 2.24) is 0 Å². The van der Waals surface area contributed by atoms with Crippen LogP contribution >= 0.6 is 34.8 Å². The zero-order chi connectivity index (χ0) is 14.7. The molecule has 104 valence electrons. The molecule has 0 N–H and O–H groups in total. The van der Waals surface area contributed by atoms with Crippen molar-refractivity contribution in [2.24, 2.45) is 0 Å². The molecule has 20 heavy (non-hydrogen) atoms. The predicted molar refractivity (Wildman–Crippen MR) is 77.8 cm³/mol. The van der Waals surface area contributed by atoms with Crippen LogP contribution in [0.15, 0.2) is 42.5 Å². The Bertz CT molecular complexity index is 629. The van der Waals surface area contributed by atoms with Gasteiger partial charge in [0.1, 0.15) is 5.75 Å². The van der Waals surface area contributed by atoms with Crippen LogP contribution in [-0.2, 0) is 0 Å². The minimum absolute atomic E-state index is 0.0116. The topological polar surface area (TPSA) is 26.3 Å². The van der Waals surface area contributed by atoms with Gasteiger partial charge in [0.15, 0.2) is 0 Å². The largest absolute Gasteiger partial charge is 0.453 e. The molecule has 2 aromatic carbocycles. The van der Waals surface area contributed by atoms with Crippen molar-refractivity contribution in [3.05, 3.63) is 63.1 Å². The van der Waals surface area contributed by atoms with Crippen molar-refractivity contribution in [1.29, 1.82) is 0 Å². The molecule has 0 amide bonds. The first-order valence-corrected chi connectivity index (χ1v) is 6.66. The highest BCUT2D eigenvalue weighted by Crippen LogP contribution is 2.24. The Kier molecular flexibility index (Phi) is 4.86. The summed E-state index contributed by atoms with van der Waals surface area (Å²) in [5.74, 6) is -0.679. The van der Waals surface area contributed by atoms with Crippen LogP contribution in [0.5, 0.6) is 5.75 Å². The van der Waals surface area contributed by atoms with Crippen LogP contribution in [0.1, 0.15) is 10.4 Å². The second-order valence-corrected chi connectivity index (χ2v) is 5.16. The minimum Gasteiger partial charge on any atom is -0.453 e. The monoisotopic (exact) mass is 332 g/mol. The lowest BCUT2D eigenvalue weighted by molar-refractivity contribution is 0.0451. The number of alkyl halides is 1.